The van der Waals surface area contributed by atoms with Gasteiger partial charge in [-0.15, -0.1) is 0 Å². The Balaban J connectivity index is 1.83. The Morgan fingerprint density at radius 2 is 1.95 bits per heavy atom. The fourth-order valence-corrected chi connectivity index (χ4v) is 3.10. The molecule has 0 radical (unpaired) electrons. The van der Waals surface area contributed by atoms with Crippen molar-refractivity contribution in [2.45, 2.75) is 45.6 Å². The number of nitrogens with one attached hydrogen (secondary N) is 1. The minimum atomic E-state index is -0.237. The number of rotatable bonds is 3. The van der Waals surface area contributed by atoms with Gasteiger partial charge >= 0.3 is 0 Å². The van der Waals surface area contributed by atoms with E-state index < -0.39 is 0 Å². The molecular weight excluding hydrogens is 262 g/mol. The van der Waals surface area contributed by atoms with E-state index in [-0.39, 0.29) is 11.9 Å². The van der Waals surface area contributed by atoms with Crippen molar-refractivity contribution in [3.8, 4) is 0 Å². The van der Waals surface area contributed by atoms with E-state index in [4.69, 9.17) is 0 Å². The molecule has 1 aromatic carbocycles. The van der Waals surface area contributed by atoms with Gasteiger partial charge in [-0.1, -0.05) is 18.2 Å². The SMILES string of the molecule is Cc1nc2c(n1C(C)C(=O)Nc1ccccc1)CCCC2. The molecule has 2 aromatic rings. The van der Waals surface area contributed by atoms with E-state index >= 15 is 0 Å². The van der Waals surface area contributed by atoms with E-state index in [0.29, 0.717) is 0 Å². The summed E-state index contributed by atoms with van der Waals surface area (Å²) in [6, 6.07) is 9.35. The lowest BCUT2D eigenvalue weighted by molar-refractivity contribution is -0.118. The number of hydrogen-bond acceptors (Lipinski definition) is 2. The zero-order valence-electron chi connectivity index (χ0n) is 12.6. The van der Waals surface area contributed by atoms with Crippen LogP contribution in [-0.4, -0.2) is 15.5 Å². The molecule has 4 nitrogen and oxygen atoms in total. The van der Waals surface area contributed by atoms with Crippen LogP contribution in [0.25, 0.3) is 0 Å². The molecule has 1 unspecified atom stereocenters. The highest BCUT2D eigenvalue weighted by molar-refractivity contribution is 5.93. The zero-order valence-corrected chi connectivity index (χ0v) is 12.6. The highest BCUT2D eigenvalue weighted by Crippen LogP contribution is 2.26. The van der Waals surface area contributed by atoms with E-state index in [2.05, 4.69) is 14.9 Å². The Kier molecular flexibility index (Phi) is 3.78. The summed E-state index contributed by atoms with van der Waals surface area (Å²) >= 11 is 0. The van der Waals surface area contributed by atoms with Gasteiger partial charge in [0.15, 0.2) is 0 Å². The molecule has 4 heteroatoms. The smallest absolute Gasteiger partial charge is 0.247 e. The number of imidazole rings is 1. The maximum Gasteiger partial charge on any atom is 0.247 e. The van der Waals surface area contributed by atoms with Crippen LogP contribution in [0.3, 0.4) is 0 Å². The molecule has 1 aliphatic carbocycles. The average Bonchev–Trinajstić information content (AvgIpc) is 2.83. The lowest BCUT2D eigenvalue weighted by Gasteiger charge is -2.20. The molecule has 1 aromatic heterocycles. The monoisotopic (exact) mass is 283 g/mol. The maximum absolute atomic E-state index is 12.5. The predicted molar refractivity (Wildman–Crippen MR) is 83.4 cm³/mol. The van der Waals surface area contributed by atoms with E-state index in [0.717, 1.165) is 24.4 Å². The Bertz CT molecular complexity index is 646. The summed E-state index contributed by atoms with van der Waals surface area (Å²) in [5.74, 6) is 0.952. The van der Waals surface area contributed by atoms with Gasteiger partial charge in [0.1, 0.15) is 11.9 Å². The third-order valence-electron chi connectivity index (χ3n) is 4.15. The quantitative estimate of drug-likeness (QED) is 0.939. The summed E-state index contributed by atoms with van der Waals surface area (Å²) in [7, 11) is 0. The van der Waals surface area contributed by atoms with E-state index in [1.165, 1.54) is 24.2 Å². The van der Waals surface area contributed by atoms with Gasteiger partial charge in [-0.05, 0) is 51.7 Å². The topological polar surface area (TPSA) is 46.9 Å². The van der Waals surface area contributed by atoms with E-state index in [9.17, 15) is 4.79 Å². The molecule has 0 aliphatic heterocycles. The number of benzene rings is 1. The fraction of sp³-hybridized carbons (Fsp3) is 0.412. The van der Waals surface area contributed by atoms with Gasteiger partial charge in [0.2, 0.25) is 5.91 Å². The minimum absolute atomic E-state index is 0.00933. The molecule has 1 aliphatic rings. The summed E-state index contributed by atoms with van der Waals surface area (Å²) in [5, 5.41) is 2.98. The van der Waals surface area contributed by atoms with Gasteiger partial charge in [-0.25, -0.2) is 4.98 Å². The number of carbonyl (C=O) groups excluding carboxylic acids is 1. The molecular formula is C17H21N3O. The molecule has 0 saturated heterocycles. The lowest BCUT2D eigenvalue weighted by Crippen LogP contribution is -2.26. The number of hydrogen-bond donors (Lipinski definition) is 1. The second-order valence-electron chi connectivity index (χ2n) is 5.66. The van der Waals surface area contributed by atoms with Crippen LogP contribution in [0.1, 0.15) is 43.0 Å². The number of anilines is 1. The number of para-hydroxylation sites is 1. The lowest BCUT2D eigenvalue weighted by atomic mass is 10.0. The summed E-state index contributed by atoms with van der Waals surface area (Å²) in [4.78, 5) is 17.1. The van der Waals surface area contributed by atoms with Gasteiger partial charge in [0.25, 0.3) is 0 Å². The van der Waals surface area contributed by atoms with Gasteiger partial charge in [-0.2, -0.15) is 0 Å². The summed E-state index contributed by atoms with van der Waals surface area (Å²) in [5.41, 5.74) is 3.26. The highest BCUT2D eigenvalue weighted by Gasteiger charge is 2.24. The zero-order chi connectivity index (χ0) is 14.8. The van der Waals surface area contributed by atoms with Crippen LogP contribution in [0.2, 0.25) is 0 Å². The molecule has 21 heavy (non-hydrogen) atoms. The first-order valence-corrected chi connectivity index (χ1v) is 7.59. The molecule has 0 bridgehead atoms. The number of nitrogens with zero attached hydrogens (tertiary/aromatic N) is 2. The fourth-order valence-electron chi connectivity index (χ4n) is 3.10. The Morgan fingerprint density at radius 3 is 2.71 bits per heavy atom. The number of carbonyl (C=O) groups is 1. The molecule has 0 spiro atoms. The van der Waals surface area contributed by atoms with Crippen LogP contribution >= 0.6 is 0 Å². The second-order valence-corrected chi connectivity index (χ2v) is 5.66. The van der Waals surface area contributed by atoms with Crippen molar-refractivity contribution in [1.82, 2.24) is 9.55 Å². The minimum Gasteiger partial charge on any atom is -0.324 e. The summed E-state index contributed by atoms with van der Waals surface area (Å²) in [6.45, 7) is 3.94. The average molecular weight is 283 g/mol. The first kappa shape index (κ1) is 13.9. The van der Waals surface area contributed by atoms with E-state index in [1.807, 2.05) is 44.2 Å². The number of amides is 1. The van der Waals surface area contributed by atoms with Crippen LogP contribution < -0.4 is 5.32 Å². The van der Waals surface area contributed by atoms with Gasteiger partial charge in [0.05, 0.1) is 5.69 Å². The first-order chi connectivity index (χ1) is 10.2. The van der Waals surface area contributed by atoms with Crippen LogP contribution in [-0.2, 0) is 17.6 Å². The highest BCUT2D eigenvalue weighted by atomic mass is 16.2. The number of aromatic nitrogens is 2. The molecule has 0 saturated carbocycles. The predicted octanol–water partition coefficient (Wildman–Crippen LogP) is 3.27. The molecule has 1 N–H and O–H groups in total. The van der Waals surface area contributed by atoms with Crippen molar-refractivity contribution in [2.24, 2.45) is 0 Å². The van der Waals surface area contributed by atoms with E-state index in [1.54, 1.807) is 0 Å². The summed E-state index contributed by atoms with van der Waals surface area (Å²) < 4.78 is 2.10. The normalized spacial score (nSPS) is 15.3. The summed E-state index contributed by atoms with van der Waals surface area (Å²) in [6.07, 6.45) is 4.45. The third kappa shape index (κ3) is 2.71. The van der Waals surface area contributed by atoms with Crippen LogP contribution in [0.15, 0.2) is 30.3 Å². The first-order valence-electron chi connectivity index (χ1n) is 7.59. The van der Waals surface area contributed by atoms with Crippen molar-refractivity contribution >= 4 is 11.6 Å². The second kappa shape index (κ2) is 5.72. The molecule has 0 fully saturated rings. The van der Waals surface area contributed by atoms with Crippen molar-refractivity contribution in [2.75, 3.05) is 5.32 Å². The van der Waals surface area contributed by atoms with Gasteiger partial charge in [-0.3, -0.25) is 4.79 Å². The molecule has 1 heterocycles. The van der Waals surface area contributed by atoms with Crippen molar-refractivity contribution < 1.29 is 4.79 Å². The third-order valence-corrected chi connectivity index (χ3v) is 4.15. The molecule has 110 valence electrons. The van der Waals surface area contributed by atoms with Crippen LogP contribution in [0.5, 0.6) is 0 Å². The Hall–Kier alpha value is -2.10. The van der Waals surface area contributed by atoms with Crippen molar-refractivity contribution in [3.63, 3.8) is 0 Å². The maximum atomic E-state index is 12.5. The van der Waals surface area contributed by atoms with Crippen LogP contribution in [0, 0.1) is 6.92 Å². The van der Waals surface area contributed by atoms with Crippen molar-refractivity contribution in [1.29, 1.82) is 0 Å². The van der Waals surface area contributed by atoms with Crippen molar-refractivity contribution in [3.05, 3.63) is 47.5 Å². The largest absolute Gasteiger partial charge is 0.324 e. The number of fused-ring (bicyclic) bond motifs is 1. The molecule has 3 rings (SSSR count). The Labute approximate surface area is 125 Å². The van der Waals surface area contributed by atoms with Gasteiger partial charge < -0.3 is 9.88 Å². The molecule has 1 amide bonds. The molecule has 1 atom stereocenters. The van der Waals surface area contributed by atoms with Gasteiger partial charge in [0, 0.05) is 11.4 Å². The van der Waals surface area contributed by atoms with Crippen LogP contribution in [0.4, 0.5) is 5.69 Å². The standard InChI is InChI=1S/C17H21N3O/c1-12(17(21)19-14-8-4-3-5-9-14)20-13(2)18-15-10-6-7-11-16(15)20/h3-5,8-9,12H,6-7,10-11H2,1-2H3,(H,19,21). The number of aryl methyl sites for hydroxylation is 2. The Morgan fingerprint density at radius 1 is 1.24 bits per heavy atom.